The summed E-state index contributed by atoms with van der Waals surface area (Å²) in [5.74, 6) is -0.405. The highest BCUT2D eigenvalue weighted by Crippen LogP contribution is 2.37. The van der Waals surface area contributed by atoms with Crippen LogP contribution in [-0.2, 0) is 38.8 Å². The number of fused-ring (bicyclic) bond motifs is 1. The van der Waals surface area contributed by atoms with E-state index in [1.807, 2.05) is 30.3 Å². The van der Waals surface area contributed by atoms with Crippen molar-refractivity contribution in [3.8, 4) is 5.75 Å². The van der Waals surface area contributed by atoms with Gasteiger partial charge in [0.05, 0.1) is 13.2 Å². The molecule has 3 aliphatic rings. The number of piperidine rings is 1. The number of hydrogen-bond acceptors (Lipinski definition) is 6. The smallest absolute Gasteiger partial charge is 0.255 e. The Labute approximate surface area is 210 Å². The van der Waals surface area contributed by atoms with Gasteiger partial charge >= 0.3 is 0 Å². The average Bonchev–Trinajstić information content (AvgIpc) is 3.19. The number of ether oxygens (including phenoxy) is 2. The van der Waals surface area contributed by atoms with Gasteiger partial charge < -0.3 is 19.3 Å². The number of carbonyl (C=O) groups is 4. The minimum atomic E-state index is -0.742. The fourth-order valence-electron chi connectivity index (χ4n) is 4.84. The molecule has 0 radical (unpaired) electrons. The van der Waals surface area contributed by atoms with Crippen LogP contribution in [0.1, 0.15) is 33.5 Å². The fourth-order valence-corrected chi connectivity index (χ4v) is 4.84. The van der Waals surface area contributed by atoms with E-state index in [1.165, 1.54) is 4.90 Å². The zero-order chi connectivity index (χ0) is 25.4. The minimum Gasteiger partial charge on any atom is -0.489 e. The van der Waals surface area contributed by atoms with Crippen LogP contribution in [0.3, 0.4) is 0 Å². The molecule has 0 spiro atoms. The molecule has 5 rings (SSSR count). The summed E-state index contributed by atoms with van der Waals surface area (Å²) < 4.78 is 11.3. The number of nitrogens with one attached hydrogen (secondary N) is 1. The molecule has 4 amide bonds. The van der Waals surface area contributed by atoms with Crippen LogP contribution in [0, 0.1) is 0 Å². The van der Waals surface area contributed by atoms with Crippen LogP contribution in [0.4, 0.5) is 0 Å². The van der Waals surface area contributed by atoms with Gasteiger partial charge in [0.2, 0.25) is 17.7 Å². The lowest BCUT2D eigenvalue weighted by molar-refractivity contribution is -0.143. The van der Waals surface area contributed by atoms with E-state index in [2.05, 4.69) is 5.32 Å². The Morgan fingerprint density at radius 2 is 1.81 bits per heavy atom. The van der Waals surface area contributed by atoms with Crippen molar-refractivity contribution in [1.82, 2.24) is 15.1 Å². The summed E-state index contributed by atoms with van der Waals surface area (Å²) in [6.07, 6.45) is 0.274. The Balaban J connectivity index is 1.25. The number of benzene rings is 2. The molecule has 0 saturated carbocycles. The predicted octanol–water partition coefficient (Wildman–Crippen LogP) is -0.622. The molecule has 3 heterocycles. The average molecular weight is 487 g/mol. The zero-order valence-corrected chi connectivity index (χ0v) is 20.4. The number of imide groups is 1. The highest BCUT2D eigenvalue weighted by molar-refractivity contribution is 6.52. The van der Waals surface area contributed by atoms with E-state index in [0.717, 1.165) is 16.7 Å². The third kappa shape index (κ3) is 4.63. The summed E-state index contributed by atoms with van der Waals surface area (Å²) in [6.45, 7) is 2.39. The minimum absolute atomic E-state index is 0.00365. The third-order valence-electron chi connectivity index (χ3n) is 7.06. The summed E-state index contributed by atoms with van der Waals surface area (Å²) in [5, 5.41) is 1.66. The lowest BCUT2D eigenvalue weighted by Gasteiger charge is -2.37. The highest BCUT2D eigenvalue weighted by atomic mass is 16.5. The van der Waals surface area contributed by atoms with Crippen LogP contribution in [0.25, 0.3) is 0 Å². The van der Waals surface area contributed by atoms with Gasteiger partial charge in [0, 0.05) is 24.2 Å². The van der Waals surface area contributed by atoms with E-state index in [0.29, 0.717) is 37.6 Å². The van der Waals surface area contributed by atoms with Gasteiger partial charge in [0.25, 0.3) is 5.91 Å². The van der Waals surface area contributed by atoms with Gasteiger partial charge in [-0.2, -0.15) is 0 Å². The number of amides is 4. The van der Waals surface area contributed by atoms with Gasteiger partial charge in [-0.05, 0) is 34.9 Å². The van der Waals surface area contributed by atoms with Crippen LogP contribution < -0.4 is 10.1 Å². The number of carbonyl (C=O) groups excluding carboxylic acids is 4. The van der Waals surface area contributed by atoms with Crippen molar-refractivity contribution >= 4 is 39.3 Å². The van der Waals surface area contributed by atoms with Gasteiger partial charge in [-0.25, -0.2) is 0 Å². The normalized spacial score (nSPS) is 21.4. The summed E-state index contributed by atoms with van der Waals surface area (Å²) in [4.78, 5) is 53.1. The maximum atomic E-state index is 13.2. The third-order valence-corrected chi connectivity index (χ3v) is 7.06. The molecule has 1 unspecified atom stereocenters. The molecule has 2 fully saturated rings. The molecule has 2 aromatic carbocycles. The van der Waals surface area contributed by atoms with Gasteiger partial charge in [0.15, 0.2) is 0 Å². The molecular formula is C25H27B2N3O6. The molecule has 1 N–H and O–H groups in total. The Hall–Kier alpha value is -3.59. The maximum absolute atomic E-state index is 13.2. The molecule has 3 aliphatic heterocycles. The first-order valence-electron chi connectivity index (χ1n) is 12.1. The Kier molecular flexibility index (Phi) is 6.34. The molecular weight excluding hydrogens is 460 g/mol. The fraction of sp³-hybridized carbons (Fsp3) is 0.360. The molecule has 0 bridgehead atoms. The van der Waals surface area contributed by atoms with Crippen molar-refractivity contribution < 1.29 is 28.7 Å². The van der Waals surface area contributed by atoms with Crippen LogP contribution in [0.5, 0.6) is 5.75 Å². The van der Waals surface area contributed by atoms with Crippen LogP contribution in [0.2, 0.25) is 5.21 Å². The van der Waals surface area contributed by atoms with Gasteiger partial charge in [-0.15, -0.1) is 0 Å². The molecule has 0 aliphatic carbocycles. The number of morpholine rings is 1. The standard InChI is InChI=1S/C25H27B2N3O6/c26-25(27)10-19(22(32)28-24(25)34)30-12-18-17(23(30)33)2-1-3-20(18)36-13-16-6-4-15(5-7-16)11-29-8-9-35-14-21(29)31/h1-7,19H,8-14,26-27H2,(H,28,32,34). The number of hydrogen-bond donors (Lipinski definition) is 1. The summed E-state index contributed by atoms with van der Waals surface area (Å²) in [7, 11) is 3.54. The lowest BCUT2D eigenvalue weighted by Crippen LogP contribution is -2.58. The lowest BCUT2D eigenvalue weighted by atomic mass is 9.50. The predicted molar refractivity (Wildman–Crippen MR) is 135 cm³/mol. The van der Waals surface area contributed by atoms with Gasteiger partial charge in [-0.3, -0.25) is 24.5 Å². The second-order valence-corrected chi connectivity index (χ2v) is 10.1. The number of rotatable bonds is 6. The molecule has 0 aromatic heterocycles. The highest BCUT2D eigenvalue weighted by Gasteiger charge is 2.46. The quantitative estimate of drug-likeness (QED) is 0.431. The van der Waals surface area contributed by atoms with Crippen molar-refractivity contribution in [2.45, 2.75) is 37.4 Å². The van der Waals surface area contributed by atoms with E-state index in [-0.39, 0.29) is 37.3 Å². The van der Waals surface area contributed by atoms with Crippen LogP contribution in [-0.4, -0.2) is 74.9 Å². The zero-order valence-electron chi connectivity index (χ0n) is 20.4. The maximum Gasteiger partial charge on any atom is 0.255 e. The molecule has 2 aromatic rings. The van der Waals surface area contributed by atoms with Crippen LogP contribution in [0.15, 0.2) is 42.5 Å². The Morgan fingerprint density at radius 3 is 2.56 bits per heavy atom. The van der Waals surface area contributed by atoms with Crippen molar-refractivity contribution in [2.75, 3.05) is 19.8 Å². The summed E-state index contributed by atoms with van der Waals surface area (Å²) in [5.41, 5.74) is 3.24. The molecule has 2 saturated heterocycles. The van der Waals surface area contributed by atoms with E-state index >= 15 is 0 Å². The summed E-state index contributed by atoms with van der Waals surface area (Å²) >= 11 is 0. The molecule has 184 valence electrons. The van der Waals surface area contributed by atoms with Gasteiger partial charge in [0.1, 0.15) is 40.7 Å². The molecule has 11 heteroatoms. The Bertz CT molecular complexity index is 1230. The largest absolute Gasteiger partial charge is 0.489 e. The second-order valence-electron chi connectivity index (χ2n) is 10.1. The first-order valence-corrected chi connectivity index (χ1v) is 12.1. The van der Waals surface area contributed by atoms with Crippen molar-refractivity contribution in [3.63, 3.8) is 0 Å². The van der Waals surface area contributed by atoms with Crippen molar-refractivity contribution in [3.05, 3.63) is 64.7 Å². The molecule has 36 heavy (non-hydrogen) atoms. The first kappa shape index (κ1) is 24.1. The van der Waals surface area contributed by atoms with Gasteiger partial charge in [-0.1, -0.05) is 30.3 Å². The summed E-state index contributed by atoms with van der Waals surface area (Å²) in [6, 6.07) is 12.5. The van der Waals surface area contributed by atoms with E-state index in [9.17, 15) is 19.2 Å². The molecule has 1 atom stereocenters. The van der Waals surface area contributed by atoms with E-state index in [4.69, 9.17) is 9.47 Å². The van der Waals surface area contributed by atoms with Crippen molar-refractivity contribution in [2.24, 2.45) is 0 Å². The van der Waals surface area contributed by atoms with Crippen LogP contribution >= 0.6 is 0 Å². The van der Waals surface area contributed by atoms with Crippen molar-refractivity contribution in [1.29, 1.82) is 0 Å². The first-order chi connectivity index (χ1) is 17.2. The monoisotopic (exact) mass is 487 g/mol. The van der Waals surface area contributed by atoms with E-state index < -0.39 is 17.2 Å². The second kappa shape index (κ2) is 9.46. The molecule has 9 nitrogen and oxygen atoms in total. The number of nitrogens with zero attached hydrogens (tertiary/aromatic N) is 2. The van der Waals surface area contributed by atoms with E-state index in [1.54, 1.807) is 32.7 Å². The topological polar surface area (TPSA) is 105 Å². The Morgan fingerprint density at radius 1 is 1.06 bits per heavy atom. The SMILES string of the molecule is BC1(B)CC(N2Cc3c(OCc4ccc(CN5CCOCC5=O)cc4)cccc3C2=O)C(=O)NC1=O.